The zero-order chi connectivity index (χ0) is 15.2. The number of nitrogens with one attached hydrogen (secondary N) is 2. The second kappa shape index (κ2) is 7.37. The van der Waals surface area contributed by atoms with E-state index in [0.29, 0.717) is 13.0 Å². The Hall–Kier alpha value is -1.44. The van der Waals surface area contributed by atoms with E-state index in [1.807, 2.05) is 0 Å². The first-order chi connectivity index (χ1) is 9.42. The van der Waals surface area contributed by atoms with Gasteiger partial charge in [0.15, 0.2) is 0 Å². The Morgan fingerprint density at radius 2 is 2.00 bits per heavy atom. The van der Waals surface area contributed by atoms with Crippen molar-refractivity contribution in [3.63, 3.8) is 0 Å². The topological polar surface area (TPSA) is 101 Å². The highest BCUT2D eigenvalue weighted by Gasteiger charge is 2.19. The molecule has 0 radical (unpaired) electrons. The minimum atomic E-state index is -3.60. The third kappa shape index (κ3) is 4.29. The minimum Gasteiger partial charge on any atom is -0.330 e. The second-order valence-electron chi connectivity index (χ2n) is 4.52. The standard InChI is InChI=1S/C13H21N3O3S/c1-10(6-5-9-14)13(17)16-11-7-3-4-8-12(11)20(18,19)15-2/h3-4,7-8,10,15H,5-6,9,14H2,1-2H3,(H,16,17). The van der Waals surface area contributed by atoms with Gasteiger partial charge in [0.2, 0.25) is 15.9 Å². The maximum atomic E-state index is 12.0. The smallest absolute Gasteiger partial charge is 0.242 e. The fourth-order valence-electron chi connectivity index (χ4n) is 1.73. The quantitative estimate of drug-likeness (QED) is 0.696. The average molecular weight is 299 g/mol. The molecule has 1 rings (SSSR count). The van der Waals surface area contributed by atoms with Gasteiger partial charge in [-0.2, -0.15) is 0 Å². The molecule has 6 nitrogen and oxygen atoms in total. The van der Waals surface area contributed by atoms with Gasteiger partial charge in [0.05, 0.1) is 5.69 Å². The van der Waals surface area contributed by atoms with Gasteiger partial charge >= 0.3 is 0 Å². The van der Waals surface area contributed by atoms with E-state index >= 15 is 0 Å². The number of benzene rings is 1. The van der Waals surface area contributed by atoms with Gasteiger partial charge in [-0.25, -0.2) is 13.1 Å². The molecule has 1 unspecified atom stereocenters. The summed E-state index contributed by atoms with van der Waals surface area (Å²) in [5, 5.41) is 2.66. The Kier molecular flexibility index (Phi) is 6.12. The maximum absolute atomic E-state index is 12.0. The van der Waals surface area contributed by atoms with Crippen LogP contribution in [0.3, 0.4) is 0 Å². The molecule has 20 heavy (non-hydrogen) atoms. The number of amides is 1. The fourth-order valence-corrected chi connectivity index (χ4v) is 2.61. The third-order valence-electron chi connectivity index (χ3n) is 2.99. The first kappa shape index (κ1) is 16.6. The maximum Gasteiger partial charge on any atom is 0.242 e. The van der Waals surface area contributed by atoms with Gasteiger partial charge in [0.1, 0.15) is 4.90 Å². The molecule has 0 bridgehead atoms. The highest BCUT2D eigenvalue weighted by molar-refractivity contribution is 7.89. The van der Waals surface area contributed by atoms with Crippen LogP contribution < -0.4 is 15.8 Å². The van der Waals surface area contributed by atoms with Crippen molar-refractivity contribution < 1.29 is 13.2 Å². The van der Waals surface area contributed by atoms with Crippen molar-refractivity contribution in [3.05, 3.63) is 24.3 Å². The van der Waals surface area contributed by atoms with Crippen molar-refractivity contribution in [3.8, 4) is 0 Å². The molecule has 1 aromatic rings. The number of rotatable bonds is 7. The molecule has 0 saturated carbocycles. The predicted octanol–water partition coefficient (Wildman–Crippen LogP) is 0.908. The highest BCUT2D eigenvalue weighted by atomic mass is 32.2. The molecule has 1 atom stereocenters. The zero-order valence-electron chi connectivity index (χ0n) is 11.7. The first-order valence-corrected chi connectivity index (χ1v) is 7.94. The van der Waals surface area contributed by atoms with Crippen LogP contribution in [-0.2, 0) is 14.8 Å². The Morgan fingerprint density at radius 3 is 2.60 bits per heavy atom. The summed E-state index contributed by atoms with van der Waals surface area (Å²) >= 11 is 0. The highest BCUT2D eigenvalue weighted by Crippen LogP contribution is 2.21. The number of carbonyl (C=O) groups is 1. The first-order valence-electron chi connectivity index (χ1n) is 6.46. The van der Waals surface area contributed by atoms with Gasteiger partial charge < -0.3 is 11.1 Å². The Balaban J connectivity index is 2.91. The van der Waals surface area contributed by atoms with Crippen LogP contribution in [0, 0.1) is 5.92 Å². The molecule has 0 aliphatic rings. The van der Waals surface area contributed by atoms with Crippen LogP contribution in [-0.4, -0.2) is 27.9 Å². The number of hydrogen-bond donors (Lipinski definition) is 3. The number of anilines is 1. The zero-order valence-corrected chi connectivity index (χ0v) is 12.5. The summed E-state index contributed by atoms with van der Waals surface area (Å²) in [7, 11) is -2.27. The van der Waals surface area contributed by atoms with E-state index in [9.17, 15) is 13.2 Å². The molecular formula is C13H21N3O3S. The lowest BCUT2D eigenvalue weighted by atomic mass is 10.0. The molecule has 4 N–H and O–H groups in total. The van der Waals surface area contributed by atoms with E-state index < -0.39 is 10.0 Å². The number of hydrogen-bond acceptors (Lipinski definition) is 4. The Labute approximate surface area is 119 Å². The van der Waals surface area contributed by atoms with Gasteiger partial charge in [-0.3, -0.25) is 4.79 Å². The van der Waals surface area contributed by atoms with Crippen LogP contribution in [0.5, 0.6) is 0 Å². The van der Waals surface area contributed by atoms with Gasteiger partial charge in [-0.15, -0.1) is 0 Å². The van der Waals surface area contributed by atoms with Crippen LogP contribution in [0.2, 0.25) is 0 Å². The summed E-state index contributed by atoms with van der Waals surface area (Å²) in [4.78, 5) is 12.1. The number of sulfonamides is 1. The van der Waals surface area contributed by atoms with Crippen molar-refractivity contribution in [2.75, 3.05) is 18.9 Å². The fraction of sp³-hybridized carbons (Fsp3) is 0.462. The monoisotopic (exact) mass is 299 g/mol. The number of para-hydroxylation sites is 1. The summed E-state index contributed by atoms with van der Waals surface area (Å²) in [5.74, 6) is -0.430. The minimum absolute atomic E-state index is 0.0573. The molecule has 0 heterocycles. The summed E-state index contributed by atoms with van der Waals surface area (Å²) < 4.78 is 26.0. The van der Waals surface area contributed by atoms with Crippen molar-refractivity contribution in [2.24, 2.45) is 11.7 Å². The molecule has 1 amide bonds. The van der Waals surface area contributed by atoms with E-state index in [-0.39, 0.29) is 22.4 Å². The van der Waals surface area contributed by atoms with Crippen molar-refractivity contribution in [1.82, 2.24) is 4.72 Å². The number of nitrogens with two attached hydrogens (primary N) is 1. The molecule has 0 saturated heterocycles. The second-order valence-corrected chi connectivity index (χ2v) is 6.38. The molecule has 1 aromatic carbocycles. The summed E-state index contributed by atoms with van der Waals surface area (Å²) in [5.41, 5.74) is 5.69. The molecule has 7 heteroatoms. The molecule has 0 aliphatic carbocycles. The van der Waals surface area contributed by atoms with Crippen LogP contribution in [0.4, 0.5) is 5.69 Å². The summed E-state index contributed by atoms with van der Waals surface area (Å²) in [6.07, 6.45) is 1.42. The van der Waals surface area contributed by atoms with Crippen molar-refractivity contribution in [2.45, 2.75) is 24.7 Å². The lowest BCUT2D eigenvalue weighted by Gasteiger charge is -2.14. The average Bonchev–Trinajstić information content (AvgIpc) is 2.45. The van der Waals surface area contributed by atoms with E-state index in [0.717, 1.165) is 6.42 Å². The lowest BCUT2D eigenvalue weighted by molar-refractivity contribution is -0.119. The molecule has 0 spiro atoms. The van der Waals surface area contributed by atoms with Gasteiger partial charge in [0, 0.05) is 5.92 Å². The SMILES string of the molecule is CNS(=O)(=O)c1ccccc1NC(=O)C(C)CCCN. The van der Waals surface area contributed by atoms with E-state index in [1.165, 1.54) is 13.1 Å². The third-order valence-corrected chi connectivity index (χ3v) is 4.46. The van der Waals surface area contributed by atoms with Crippen LogP contribution >= 0.6 is 0 Å². The van der Waals surface area contributed by atoms with Crippen LogP contribution in [0.25, 0.3) is 0 Å². The van der Waals surface area contributed by atoms with Crippen LogP contribution in [0.1, 0.15) is 19.8 Å². The van der Waals surface area contributed by atoms with Crippen molar-refractivity contribution in [1.29, 1.82) is 0 Å². The largest absolute Gasteiger partial charge is 0.330 e. The molecule has 0 aliphatic heterocycles. The van der Waals surface area contributed by atoms with E-state index in [2.05, 4.69) is 10.0 Å². The molecule has 0 fully saturated rings. The van der Waals surface area contributed by atoms with Crippen LogP contribution in [0.15, 0.2) is 29.2 Å². The van der Waals surface area contributed by atoms with E-state index in [4.69, 9.17) is 5.73 Å². The predicted molar refractivity (Wildman–Crippen MR) is 78.8 cm³/mol. The molecule has 112 valence electrons. The molecular weight excluding hydrogens is 278 g/mol. The van der Waals surface area contributed by atoms with Gasteiger partial charge in [0.25, 0.3) is 0 Å². The van der Waals surface area contributed by atoms with E-state index in [1.54, 1.807) is 25.1 Å². The van der Waals surface area contributed by atoms with Gasteiger partial charge in [-0.05, 0) is 38.6 Å². The summed E-state index contributed by atoms with van der Waals surface area (Å²) in [6, 6.07) is 6.30. The Bertz CT molecular complexity index is 558. The lowest BCUT2D eigenvalue weighted by Crippen LogP contribution is -2.24. The summed E-state index contributed by atoms with van der Waals surface area (Å²) in [6.45, 7) is 2.32. The Morgan fingerprint density at radius 1 is 1.35 bits per heavy atom. The number of carbonyl (C=O) groups excluding carboxylic acids is 1. The molecule has 0 aromatic heterocycles. The van der Waals surface area contributed by atoms with Gasteiger partial charge in [-0.1, -0.05) is 19.1 Å². The normalized spacial score (nSPS) is 12.9. The van der Waals surface area contributed by atoms with Crippen molar-refractivity contribution >= 4 is 21.6 Å².